The van der Waals surface area contributed by atoms with Gasteiger partial charge in [0, 0.05) is 24.0 Å². The highest BCUT2D eigenvalue weighted by atomic mass is 16.6. The molecule has 0 spiro atoms. The first-order valence-corrected chi connectivity index (χ1v) is 12.2. The molecule has 0 atom stereocenters. The number of benzene rings is 2. The Balaban J connectivity index is 1.31. The van der Waals surface area contributed by atoms with Gasteiger partial charge in [-0.1, -0.05) is 18.2 Å². The number of hydrogen-bond acceptors (Lipinski definition) is 8. The van der Waals surface area contributed by atoms with Gasteiger partial charge in [0.25, 0.3) is 0 Å². The molecule has 5 rings (SSSR count). The Morgan fingerprint density at radius 1 is 1.03 bits per heavy atom. The van der Waals surface area contributed by atoms with E-state index in [0.29, 0.717) is 28.7 Å². The minimum atomic E-state index is -0.560. The number of ether oxygens (including phenoxy) is 1. The van der Waals surface area contributed by atoms with E-state index in [9.17, 15) is 9.90 Å². The van der Waals surface area contributed by atoms with Crippen LogP contribution in [0.3, 0.4) is 0 Å². The lowest BCUT2D eigenvalue weighted by molar-refractivity contribution is 0.126. The van der Waals surface area contributed by atoms with Crippen LogP contribution in [0.2, 0.25) is 0 Å². The average molecular weight is 488 g/mol. The largest absolute Gasteiger partial charge is 0.417 e. The van der Waals surface area contributed by atoms with Crippen LogP contribution in [0, 0.1) is 0 Å². The van der Waals surface area contributed by atoms with Crippen LogP contribution in [0.5, 0.6) is 5.75 Å². The molecule has 0 bridgehead atoms. The number of aliphatic hydroxyl groups is 1. The van der Waals surface area contributed by atoms with Gasteiger partial charge in [-0.15, -0.1) is 0 Å². The zero-order chi connectivity index (χ0) is 24.9. The van der Waals surface area contributed by atoms with Crippen molar-refractivity contribution in [3.05, 3.63) is 60.9 Å². The van der Waals surface area contributed by atoms with E-state index >= 15 is 0 Å². The molecule has 2 aromatic heterocycles. The summed E-state index contributed by atoms with van der Waals surface area (Å²) in [4.78, 5) is 26.1. The van der Waals surface area contributed by atoms with E-state index in [1.54, 1.807) is 42.7 Å². The zero-order valence-electron chi connectivity index (χ0n) is 20.0. The molecule has 2 heterocycles. The first-order chi connectivity index (χ1) is 17.6. The SMILES string of the molecule is CCn1cnc2c(Nc3ccc(NC(=O)Oc4ccccc4)cc3)nc(N[C@H]3CC[C@H](O)CC3)nc21. The van der Waals surface area contributed by atoms with E-state index in [4.69, 9.17) is 14.7 Å². The maximum atomic E-state index is 12.2. The number of anilines is 4. The van der Waals surface area contributed by atoms with Gasteiger partial charge in [-0.25, -0.2) is 9.78 Å². The van der Waals surface area contributed by atoms with Crippen molar-refractivity contribution in [1.82, 2.24) is 19.5 Å². The van der Waals surface area contributed by atoms with Crippen LogP contribution < -0.4 is 20.7 Å². The van der Waals surface area contributed by atoms with E-state index in [-0.39, 0.29) is 12.1 Å². The Morgan fingerprint density at radius 2 is 1.75 bits per heavy atom. The lowest BCUT2D eigenvalue weighted by atomic mass is 9.93. The number of hydrogen-bond donors (Lipinski definition) is 4. The number of amides is 1. The number of nitrogens with one attached hydrogen (secondary N) is 3. The number of imidazole rings is 1. The summed E-state index contributed by atoms with van der Waals surface area (Å²) in [6.07, 6.45) is 4.28. The van der Waals surface area contributed by atoms with Crippen molar-refractivity contribution in [2.24, 2.45) is 0 Å². The number of aliphatic hydroxyl groups excluding tert-OH is 1. The lowest BCUT2D eigenvalue weighted by Gasteiger charge is -2.26. The van der Waals surface area contributed by atoms with Gasteiger partial charge < -0.3 is 25.0 Å². The Bertz CT molecular complexity index is 1320. The highest BCUT2D eigenvalue weighted by Crippen LogP contribution is 2.27. The standard InChI is InChI=1S/C26H29N7O3/c1-2-33-16-27-22-23(31-25(32-24(22)33)29-18-12-14-20(34)15-13-18)28-17-8-10-19(11-9-17)30-26(35)36-21-6-4-3-5-7-21/h3-11,16,18,20,34H,2,12-15H2,1H3,(H,30,35)(H2,28,29,31,32)/t18-,20-. The van der Waals surface area contributed by atoms with E-state index in [1.165, 1.54) is 0 Å². The van der Waals surface area contributed by atoms with Gasteiger partial charge in [-0.2, -0.15) is 9.97 Å². The van der Waals surface area contributed by atoms with Crippen molar-refractivity contribution in [2.45, 2.75) is 51.3 Å². The minimum absolute atomic E-state index is 0.220. The molecule has 4 N–H and O–H groups in total. The number of carbonyl (C=O) groups excluding carboxylic acids is 1. The average Bonchev–Trinajstić information content (AvgIpc) is 3.30. The van der Waals surface area contributed by atoms with Gasteiger partial charge >= 0.3 is 6.09 Å². The van der Waals surface area contributed by atoms with Crippen molar-refractivity contribution >= 4 is 40.4 Å². The normalized spacial score (nSPS) is 17.5. The maximum absolute atomic E-state index is 12.2. The fraction of sp³-hybridized carbons (Fsp3) is 0.308. The monoisotopic (exact) mass is 487 g/mol. The van der Waals surface area contributed by atoms with Crippen molar-refractivity contribution < 1.29 is 14.6 Å². The second kappa shape index (κ2) is 10.6. The Kier molecular flexibility index (Phi) is 6.94. The van der Waals surface area contributed by atoms with E-state index in [1.807, 2.05) is 29.7 Å². The first kappa shape index (κ1) is 23.6. The number of rotatable bonds is 7. The van der Waals surface area contributed by atoms with Crippen LogP contribution in [0.25, 0.3) is 11.2 Å². The number of aryl methyl sites for hydroxylation is 1. The molecule has 1 saturated carbocycles. The number of para-hydroxylation sites is 1. The summed E-state index contributed by atoms with van der Waals surface area (Å²) in [5.41, 5.74) is 2.81. The van der Waals surface area contributed by atoms with Gasteiger partial charge in [-0.3, -0.25) is 5.32 Å². The first-order valence-electron chi connectivity index (χ1n) is 12.2. The fourth-order valence-electron chi connectivity index (χ4n) is 4.24. The highest BCUT2D eigenvalue weighted by Gasteiger charge is 2.21. The second-order valence-corrected chi connectivity index (χ2v) is 8.78. The van der Waals surface area contributed by atoms with Crippen LogP contribution in [0.15, 0.2) is 60.9 Å². The van der Waals surface area contributed by atoms with E-state index in [0.717, 1.165) is 43.6 Å². The van der Waals surface area contributed by atoms with E-state index in [2.05, 4.69) is 20.9 Å². The molecule has 10 nitrogen and oxygen atoms in total. The van der Waals surface area contributed by atoms with Gasteiger partial charge in [-0.05, 0) is 69.0 Å². The van der Waals surface area contributed by atoms with Gasteiger partial charge in [0.1, 0.15) is 5.75 Å². The van der Waals surface area contributed by atoms with Gasteiger partial charge in [0.05, 0.1) is 12.4 Å². The van der Waals surface area contributed by atoms with Crippen molar-refractivity contribution in [1.29, 1.82) is 0 Å². The van der Waals surface area contributed by atoms with Gasteiger partial charge in [0.15, 0.2) is 17.0 Å². The summed E-state index contributed by atoms with van der Waals surface area (Å²) in [6, 6.07) is 16.4. The third-order valence-electron chi connectivity index (χ3n) is 6.18. The predicted octanol–water partition coefficient (Wildman–Crippen LogP) is 4.92. The second-order valence-electron chi connectivity index (χ2n) is 8.78. The lowest BCUT2D eigenvalue weighted by Crippen LogP contribution is -2.29. The van der Waals surface area contributed by atoms with Crippen molar-refractivity contribution in [3.8, 4) is 5.75 Å². The molecular weight excluding hydrogens is 458 g/mol. The van der Waals surface area contributed by atoms with Crippen molar-refractivity contribution in [2.75, 3.05) is 16.0 Å². The van der Waals surface area contributed by atoms with E-state index < -0.39 is 6.09 Å². The van der Waals surface area contributed by atoms with Crippen LogP contribution >= 0.6 is 0 Å². The number of fused-ring (bicyclic) bond motifs is 1. The van der Waals surface area contributed by atoms with Crippen LogP contribution in [-0.4, -0.2) is 42.9 Å². The summed E-state index contributed by atoms with van der Waals surface area (Å²) < 4.78 is 7.25. The smallest absolute Gasteiger partial charge is 0.410 e. The quantitative estimate of drug-likeness (QED) is 0.289. The topological polar surface area (TPSA) is 126 Å². The molecule has 1 amide bonds. The number of carbonyl (C=O) groups is 1. The zero-order valence-corrected chi connectivity index (χ0v) is 20.0. The number of aromatic nitrogens is 4. The molecule has 0 aliphatic heterocycles. The minimum Gasteiger partial charge on any atom is -0.410 e. The summed E-state index contributed by atoms with van der Waals surface area (Å²) in [5.74, 6) is 1.60. The molecular formula is C26H29N7O3. The summed E-state index contributed by atoms with van der Waals surface area (Å²) >= 11 is 0. The van der Waals surface area contributed by atoms with Crippen LogP contribution in [-0.2, 0) is 6.54 Å². The van der Waals surface area contributed by atoms with Crippen molar-refractivity contribution in [3.63, 3.8) is 0 Å². The molecule has 1 aliphatic carbocycles. The fourth-order valence-corrected chi connectivity index (χ4v) is 4.24. The predicted molar refractivity (Wildman–Crippen MR) is 139 cm³/mol. The molecule has 2 aromatic carbocycles. The summed E-state index contributed by atoms with van der Waals surface area (Å²) in [6.45, 7) is 2.78. The summed E-state index contributed by atoms with van der Waals surface area (Å²) in [7, 11) is 0. The third kappa shape index (κ3) is 5.55. The van der Waals surface area contributed by atoms with Crippen LogP contribution in [0.4, 0.5) is 27.9 Å². The third-order valence-corrected chi connectivity index (χ3v) is 6.18. The van der Waals surface area contributed by atoms with Gasteiger partial charge in [0.2, 0.25) is 5.95 Å². The molecule has 0 unspecified atom stereocenters. The summed E-state index contributed by atoms with van der Waals surface area (Å²) in [5, 5.41) is 19.3. The maximum Gasteiger partial charge on any atom is 0.417 e. The molecule has 36 heavy (non-hydrogen) atoms. The molecule has 186 valence electrons. The van der Waals surface area contributed by atoms with Crippen LogP contribution in [0.1, 0.15) is 32.6 Å². The molecule has 4 aromatic rings. The number of nitrogens with zero attached hydrogens (tertiary/aromatic N) is 4. The molecule has 0 saturated heterocycles. The molecule has 1 fully saturated rings. The highest BCUT2D eigenvalue weighted by molar-refractivity contribution is 5.88. The Hall–Kier alpha value is -4.18. The Morgan fingerprint density at radius 3 is 2.47 bits per heavy atom. The molecule has 1 aliphatic rings. The Labute approximate surface area is 208 Å². The molecule has 0 radical (unpaired) electrons. The molecule has 10 heteroatoms.